The molecule has 0 aromatic carbocycles. The SMILES string of the molecule is O=C(/C=C/CC1CC1(F)Br)N1CCSCC1. The van der Waals surface area contributed by atoms with Crippen molar-refractivity contribution in [3.63, 3.8) is 0 Å². The third-order valence-corrected chi connectivity index (χ3v) is 4.87. The van der Waals surface area contributed by atoms with Crippen molar-refractivity contribution in [3.05, 3.63) is 12.2 Å². The van der Waals surface area contributed by atoms with Gasteiger partial charge in [0.25, 0.3) is 0 Å². The number of hydrogen-bond acceptors (Lipinski definition) is 2. The van der Waals surface area contributed by atoms with Crippen LogP contribution in [0.1, 0.15) is 12.8 Å². The molecule has 0 aromatic heterocycles. The molecule has 16 heavy (non-hydrogen) atoms. The van der Waals surface area contributed by atoms with E-state index in [1.165, 1.54) is 0 Å². The van der Waals surface area contributed by atoms with Crippen LogP contribution in [0.3, 0.4) is 0 Å². The first-order valence-corrected chi connectivity index (χ1v) is 7.45. The fourth-order valence-electron chi connectivity index (χ4n) is 1.75. The summed E-state index contributed by atoms with van der Waals surface area (Å²) < 4.78 is 12.0. The van der Waals surface area contributed by atoms with Gasteiger partial charge in [-0.2, -0.15) is 11.8 Å². The molecule has 0 bridgehead atoms. The van der Waals surface area contributed by atoms with Gasteiger partial charge in [-0.15, -0.1) is 0 Å². The van der Waals surface area contributed by atoms with E-state index in [0.717, 1.165) is 24.6 Å². The highest BCUT2D eigenvalue weighted by Gasteiger charge is 2.52. The molecule has 1 aliphatic heterocycles. The quantitative estimate of drug-likeness (QED) is 0.590. The summed E-state index contributed by atoms with van der Waals surface area (Å²) >= 11 is 4.88. The number of halogens is 2. The highest BCUT2D eigenvalue weighted by molar-refractivity contribution is 9.10. The highest BCUT2D eigenvalue weighted by atomic mass is 79.9. The minimum absolute atomic E-state index is 0.0495. The minimum Gasteiger partial charge on any atom is -0.338 e. The zero-order chi connectivity index (χ0) is 11.6. The Morgan fingerprint density at radius 2 is 2.19 bits per heavy atom. The molecular weight excluding hydrogens is 293 g/mol. The van der Waals surface area contributed by atoms with Crippen molar-refractivity contribution in [1.82, 2.24) is 4.90 Å². The molecule has 5 heteroatoms. The van der Waals surface area contributed by atoms with Gasteiger partial charge in [-0.3, -0.25) is 4.79 Å². The maximum Gasteiger partial charge on any atom is 0.246 e. The summed E-state index contributed by atoms with van der Waals surface area (Å²) in [6.45, 7) is 1.67. The number of amides is 1. The minimum atomic E-state index is -1.16. The molecule has 1 heterocycles. The van der Waals surface area contributed by atoms with Crippen LogP contribution in [0.2, 0.25) is 0 Å². The summed E-state index contributed by atoms with van der Waals surface area (Å²) in [6, 6.07) is 0. The monoisotopic (exact) mass is 307 g/mol. The number of rotatable bonds is 3. The molecule has 2 nitrogen and oxygen atoms in total. The largest absolute Gasteiger partial charge is 0.338 e. The Morgan fingerprint density at radius 3 is 2.75 bits per heavy atom. The summed E-state index contributed by atoms with van der Waals surface area (Å²) in [5.41, 5.74) is 0. The lowest BCUT2D eigenvalue weighted by Crippen LogP contribution is -2.36. The number of carbonyl (C=O) groups is 1. The molecule has 2 unspecified atom stereocenters. The average Bonchev–Trinajstić information content (AvgIpc) is 2.87. The summed E-state index contributed by atoms with van der Waals surface area (Å²) in [7, 11) is 0. The van der Waals surface area contributed by atoms with Gasteiger partial charge in [0.1, 0.15) is 0 Å². The number of hydrogen-bond donors (Lipinski definition) is 0. The van der Waals surface area contributed by atoms with Crippen molar-refractivity contribution in [3.8, 4) is 0 Å². The Morgan fingerprint density at radius 1 is 1.56 bits per heavy atom. The van der Waals surface area contributed by atoms with Gasteiger partial charge in [0.2, 0.25) is 5.91 Å². The molecule has 2 atom stereocenters. The van der Waals surface area contributed by atoms with Crippen LogP contribution in [-0.2, 0) is 4.79 Å². The number of thioether (sulfide) groups is 1. The van der Waals surface area contributed by atoms with Gasteiger partial charge in [-0.05, 0) is 34.8 Å². The Bertz CT molecular complexity index is 302. The maximum atomic E-state index is 13.1. The van der Waals surface area contributed by atoms with Crippen molar-refractivity contribution >= 4 is 33.6 Å². The van der Waals surface area contributed by atoms with E-state index in [0.29, 0.717) is 12.8 Å². The summed E-state index contributed by atoms with van der Waals surface area (Å²) in [6.07, 6.45) is 4.61. The topological polar surface area (TPSA) is 20.3 Å². The van der Waals surface area contributed by atoms with Crippen LogP contribution in [0.15, 0.2) is 12.2 Å². The standard InChI is InChI=1S/C11H15BrFNOS/c12-11(13)8-9(11)2-1-3-10(15)14-4-6-16-7-5-14/h1,3,9H,2,4-8H2/b3-1+. The maximum absolute atomic E-state index is 13.1. The average molecular weight is 308 g/mol. The second-order valence-corrected chi connectivity index (χ2v) is 6.78. The number of allylic oxidation sites excluding steroid dienone is 1. The highest BCUT2D eigenvalue weighted by Crippen LogP contribution is 2.54. The van der Waals surface area contributed by atoms with Crippen molar-refractivity contribution in [2.45, 2.75) is 17.4 Å². The third-order valence-electron chi connectivity index (χ3n) is 2.96. The van der Waals surface area contributed by atoms with Gasteiger partial charge in [0, 0.05) is 30.5 Å². The molecule has 1 aliphatic carbocycles. The van der Waals surface area contributed by atoms with E-state index in [-0.39, 0.29) is 11.8 Å². The second kappa shape index (κ2) is 5.08. The fourth-order valence-corrected chi connectivity index (χ4v) is 3.23. The van der Waals surface area contributed by atoms with Gasteiger partial charge in [-0.25, -0.2) is 4.39 Å². The van der Waals surface area contributed by atoms with Gasteiger partial charge >= 0.3 is 0 Å². The molecule has 1 saturated carbocycles. The molecule has 0 radical (unpaired) electrons. The Labute approximate surface area is 108 Å². The molecule has 1 amide bonds. The molecule has 1 saturated heterocycles. The first-order chi connectivity index (χ1) is 7.59. The molecule has 0 N–H and O–H groups in total. The van der Waals surface area contributed by atoms with E-state index in [4.69, 9.17) is 0 Å². The van der Waals surface area contributed by atoms with E-state index in [2.05, 4.69) is 15.9 Å². The van der Waals surface area contributed by atoms with E-state index in [9.17, 15) is 9.18 Å². The molecule has 90 valence electrons. The van der Waals surface area contributed by atoms with E-state index in [1.807, 2.05) is 16.7 Å². The van der Waals surface area contributed by atoms with Crippen LogP contribution in [0.4, 0.5) is 4.39 Å². The smallest absolute Gasteiger partial charge is 0.246 e. The molecule has 0 spiro atoms. The van der Waals surface area contributed by atoms with Crippen molar-refractivity contribution in [2.24, 2.45) is 5.92 Å². The van der Waals surface area contributed by atoms with Gasteiger partial charge in [0.15, 0.2) is 4.58 Å². The first kappa shape index (κ1) is 12.4. The molecule has 0 aromatic rings. The Balaban J connectivity index is 1.72. The van der Waals surface area contributed by atoms with Crippen LogP contribution >= 0.6 is 27.7 Å². The summed E-state index contributed by atoms with van der Waals surface area (Å²) in [5.74, 6) is 2.17. The lowest BCUT2D eigenvalue weighted by molar-refractivity contribution is -0.125. The fraction of sp³-hybridized carbons (Fsp3) is 0.727. The predicted octanol–water partition coefficient (Wildman–Crippen LogP) is 2.59. The third kappa shape index (κ3) is 3.23. The normalized spacial score (nSPS) is 34.4. The molecule has 2 fully saturated rings. The number of alkyl halides is 2. The lowest BCUT2D eigenvalue weighted by Gasteiger charge is -2.25. The van der Waals surface area contributed by atoms with Crippen LogP contribution in [0.25, 0.3) is 0 Å². The van der Waals surface area contributed by atoms with Crippen LogP contribution in [0.5, 0.6) is 0 Å². The van der Waals surface area contributed by atoms with E-state index >= 15 is 0 Å². The van der Waals surface area contributed by atoms with E-state index in [1.54, 1.807) is 12.2 Å². The van der Waals surface area contributed by atoms with Gasteiger partial charge in [-0.1, -0.05) is 6.08 Å². The van der Waals surface area contributed by atoms with Crippen molar-refractivity contribution in [2.75, 3.05) is 24.6 Å². The number of nitrogens with zero attached hydrogens (tertiary/aromatic N) is 1. The molecular formula is C11H15BrFNOS. The lowest BCUT2D eigenvalue weighted by atomic mass is 10.2. The van der Waals surface area contributed by atoms with Gasteiger partial charge < -0.3 is 4.90 Å². The molecule has 2 rings (SSSR count). The zero-order valence-electron chi connectivity index (χ0n) is 8.99. The van der Waals surface area contributed by atoms with E-state index < -0.39 is 4.58 Å². The van der Waals surface area contributed by atoms with Crippen LogP contribution in [-0.4, -0.2) is 40.0 Å². The van der Waals surface area contributed by atoms with Gasteiger partial charge in [0.05, 0.1) is 0 Å². The zero-order valence-corrected chi connectivity index (χ0v) is 11.4. The van der Waals surface area contributed by atoms with Crippen LogP contribution < -0.4 is 0 Å². The van der Waals surface area contributed by atoms with Crippen molar-refractivity contribution in [1.29, 1.82) is 0 Å². The predicted molar refractivity (Wildman–Crippen MR) is 68.5 cm³/mol. The first-order valence-electron chi connectivity index (χ1n) is 5.50. The molecule has 2 aliphatic rings. The Hall–Kier alpha value is -0.0300. The second-order valence-electron chi connectivity index (χ2n) is 4.24. The van der Waals surface area contributed by atoms with Crippen molar-refractivity contribution < 1.29 is 9.18 Å². The van der Waals surface area contributed by atoms with Crippen LogP contribution in [0, 0.1) is 5.92 Å². The Kier molecular flexibility index (Phi) is 3.95. The summed E-state index contributed by atoms with van der Waals surface area (Å²) in [4.78, 5) is 13.5. The summed E-state index contributed by atoms with van der Waals surface area (Å²) in [5, 5.41) is 0. The number of carbonyl (C=O) groups excluding carboxylic acids is 1.